The Kier molecular flexibility index (Phi) is 7.95. The van der Waals surface area contributed by atoms with Gasteiger partial charge in [0.1, 0.15) is 0 Å². The maximum absolute atomic E-state index is 11.8. The Balaban J connectivity index is 2.16. The van der Waals surface area contributed by atoms with Crippen LogP contribution in [0.3, 0.4) is 0 Å². The Hall–Kier alpha value is -0.660. The predicted molar refractivity (Wildman–Crippen MR) is 78.8 cm³/mol. The van der Waals surface area contributed by atoms with Gasteiger partial charge < -0.3 is 14.8 Å². The van der Waals surface area contributed by atoms with Crippen LogP contribution in [0.15, 0.2) is 24.3 Å². The molecule has 0 atom stereocenters. The fraction of sp³-hybridized carbons (Fsp3) is 0.462. The number of ether oxygens (including phenoxy) is 2. The molecule has 0 aliphatic heterocycles. The first-order valence-electron chi connectivity index (χ1n) is 5.85. The van der Waals surface area contributed by atoms with E-state index in [0.717, 1.165) is 15.6 Å². The summed E-state index contributed by atoms with van der Waals surface area (Å²) in [6, 6.07) is 7.53. The first kappa shape index (κ1) is 15.4. The van der Waals surface area contributed by atoms with Crippen LogP contribution in [0, 0.1) is 3.57 Å². The van der Waals surface area contributed by atoms with E-state index in [9.17, 15) is 4.79 Å². The lowest BCUT2D eigenvalue weighted by Crippen LogP contribution is -2.26. The smallest absolute Gasteiger partial charge is 0.252 e. The number of halogens is 1. The Morgan fingerprint density at radius 3 is 2.78 bits per heavy atom. The number of methoxy groups -OCH3 is 1. The summed E-state index contributed by atoms with van der Waals surface area (Å²) in [5.74, 6) is -0.0307. The molecule has 0 bridgehead atoms. The number of benzene rings is 1. The second kappa shape index (κ2) is 9.29. The van der Waals surface area contributed by atoms with Gasteiger partial charge >= 0.3 is 0 Å². The van der Waals surface area contributed by atoms with Crippen LogP contribution in [0.25, 0.3) is 0 Å². The van der Waals surface area contributed by atoms with Crippen molar-refractivity contribution in [3.8, 4) is 0 Å². The van der Waals surface area contributed by atoms with Gasteiger partial charge in [0.25, 0.3) is 5.91 Å². The van der Waals surface area contributed by atoms with Crippen molar-refractivity contribution < 1.29 is 14.3 Å². The number of rotatable bonds is 8. The lowest BCUT2D eigenvalue weighted by molar-refractivity contribution is 0.0688. The van der Waals surface area contributed by atoms with Crippen molar-refractivity contribution in [2.45, 2.75) is 6.42 Å². The third-order valence-electron chi connectivity index (χ3n) is 2.30. The summed E-state index contributed by atoms with van der Waals surface area (Å²) in [6.45, 7) is 2.46. The minimum Gasteiger partial charge on any atom is -0.382 e. The molecule has 5 heteroatoms. The Morgan fingerprint density at radius 2 is 2.06 bits per heavy atom. The van der Waals surface area contributed by atoms with Crippen LogP contribution in [-0.4, -0.2) is 39.4 Å². The van der Waals surface area contributed by atoms with Gasteiger partial charge in [-0.25, -0.2) is 0 Å². The van der Waals surface area contributed by atoms with E-state index in [2.05, 4.69) is 27.9 Å². The van der Waals surface area contributed by atoms with Crippen LogP contribution in [0.2, 0.25) is 0 Å². The summed E-state index contributed by atoms with van der Waals surface area (Å²) >= 11 is 2.16. The van der Waals surface area contributed by atoms with Crippen molar-refractivity contribution in [3.63, 3.8) is 0 Å². The zero-order chi connectivity index (χ0) is 13.2. The van der Waals surface area contributed by atoms with E-state index in [4.69, 9.17) is 9.47 Å². The van der Waals surface area contributed by atoms with Crippen molar-refractivity contribution in [1.82, 2.24) is 5.32 Å². The third-order valence-corrected chi connectivity index (χ3v) is 3.24. The number of hydrogen-bond donors (Lipinski definition) is 1. The molecular formula is C13H18INO3. The van der Waals surface area contributed by atoms with E-state index >= 15 is 0 Å². The highest BCUT2D eigenvalue weighted by Crippen LogP contribution is 2.10. The normalized spacial score (nSPS) is 10.3. The number of amides is 1. The molecule has 0 aliphatic rings. The molecule has 0 fully saturated rings. The molecule has 0 aromatic heterocycles. The molecule has 1 aromatic rings. The third kappa shape index (κ3) is 5.79. The van der Waals surface area contributed by atoms with Crippen LogP contribution in [-0.2, 0) is 9.47 Å². The SMILES string of the molecule is COCCOCCCNC(=O)c1ccccc1I. The van der Waals surface area contributed by atoms with Gasteiger partial charge in [-0.1, -0.05) is 12.1 Å². The zero-order valence-corrected chi connectivity index (χ0v) is 12.6. The number of hydrogen-bond acceptors (Lipinski definition) is 3. The molecule has 0 spiro atoms. The van der Waals surface area contributed by atoms with Gasteiger partial charge in [0.2, 0.25) is 0 Å². The van der Waals surface area contributed by atoms with Gasteiger partial charge in [0, 0.05) is 23.8 Å². The van der Waals surface area contributed by atoms with Crippen molar-refractivity contribution >= 4 is 28.5 Å². The summed E-state index contributed by atoms with van der Waals surface area (Å²) in [6.07, 6.45) is 0.804. The lowest BCUT2D eigenvalue weighted by Gasteiger charge is -2.07. The van der Waals surface area contributed by atoms with Gasteiger partial charge in [0.05, 0.1) is 18.8 Å². The summed E-state index contributed by atoms with van der Waals surface area (Å²) in [5, 5.41) is 2.88. The highest BCUT2D eigenvalue weighted by Gasteiger charge is 2.07. The Morgan fingerprint density at radius 1 is 1.28 bits per heavy atom. The van der Waals surface area contributed by atoms with Crippen LogP contribution >= 0.6 is 22.6 Å². The maximum Gasteiger partial charge on any atom is 0.252 e. The van der Waals surface area contributed by atoms with Crippen molar-refractivity contribution in [1.29, 1.82) is 0 Å². The first-order chi connectivity index (χ1) is 8.75. The summed E-state index contributed by atoms with van der Waals surface area (Å²) < 4.78 is 11.1. The van der Waals surface area contributed by atoms with Gasteiger partial charge in [-0.05, 0) is 41.1 Å². The number of nitrogens with one attached hydrogen (secondary N) is 1. The summed E-state index contributed by atoms with van der Waals surface area (Å²) in [7, 11) is 1.64. The van der Waals surface area contributed by atoms with E-state index in [1.165, 1.54) is 0 Å². The molecule has 1 rings (SSSR count). The molecule has 0 saturated carbocycles. The topological polar surface area (TPSA) is 47.6 Å². The van der Waals surface area contributed by atoms with Crippen molar-refractivity contribution in [2.75, 3.05) is 33.5 Å². The molecule has 100 valence electrons. The highest BCUT2D eigenvalue weighted by atomic mass is 127. The monoisotopic (exact) mass is 363 g/mol. The van der Waals surface area contributed by atoms with E-state index in [0.29, 0.717) is 26.4 Å². The summed E-state index contributed by atoms with van der Waals surface area (Å²) in [4.78, 5) is 11.8. The average Bonchev–Trinajstić information content (AvgIpc) is 2.38. The first-order valence-corrected chi connectivity index (χ1v) is 6.93. The number of carbonyl (C=O) groups is 1. The highest BCUT2D eigenvalue weighted by molar-refractivity contribution is 14.1. The van der Waals surface area contributed by atoms with E-state index in [1.54, 1.807) is 7.11 Å². The molecule has 1 amide bonds. The van der Waals surface area contributed by atoms with Crippen LogP contribution in [0.4, 0.5) is 0 Å². The molecule has 1 aromatic carbocycles. The Bertz CT molecular complexity index is 371. The van der Waals surface area contributed by atoms with E-state index in [-0.39, 0.29) is 5.91 Å². The largest absolute Gasteiger partial charge is 0.382 e. The minimum absolute atomic E-state index is 0.0307. The Labute approximate surface area is 121 Å². The molecule has 0 heterocycles. The van der Waals surface area contributed by atoms with E-state index in [1.807, 2.05) is 24.3 Å². The fourth-order valence-electron chi connectivity index (χ4n) is 1.36. The van der Waals surface area contributed by atoms with Crippen LogP contribution in [0.5, 0.6) is 0 Å². The minimum atomic E-state index is -0.0307. The fourth-order valence-corrected chi connectivity index (χ4v) is 1.99. The molecule has 18 heavy (non-hydrogen) atoms. The molecule has 0 radical (unpaired) electrons. The molecule has 1 N–H and O–H groups in total. The second-order valence-corrected chi connectivity index (χ2v) is 4.86. The predicted octanol–water partition coefficient (Wildman–Crippen LogP) is 2.07. The lowest BCUT2D eigenvalue weighted by atomic mass is 10.2. The van der Waals surface area contributed by atoms with Crippen LogP contribution in [0.1, 0.15) is 16.8 Å². The summed E-state index contributed by atoms with van der Waals surface area (Å²) in [5.41, 5.74) is 0.721. The quantitative estimate of drug-likeness (QED) is 0.568. The number of carbonyl (C=O) groups excluding carboxylic acids is 1. The van der Waals surface area contributed by atoms with Gasteiger partial charge in [-0.15, -0.1) is 0 Å². The standard InChI is InChI=1S/C13H18INO3/c1-17-9-10-18-8-4-7-15-13(16)11-5-2-3-6-12(11)14/h2-3,5-6H,4,7-10H2,1H3,(H,15,16). The van der Waals surface area contributed by atoms with Gasteiger partial charge in [-0.3, -0.25) is 4.79 Å². The van der Waals surface area contributed by atoms with Crippen LogP contribution < -0.4 is 5.32 Å². The zero-order valence-electron chi connectivity index (χ0n) is 10.4. The maximum atomic E-state index is 11.8. The van der Waals surface area contributed by atoms with Gasteiger partial charge in [0.15, 0.2) is 0 Å². The molecular weight excluding hydrogens is 345 g/mol. The van der Waals surface area contributed by atoms with Gasteiger partial charge in [-0.2, -0.15) is 0 Å². The molecule has 0 saturated heterocycles. The average molecular weight is 363 g/mol. The van der Waals surface area contributed by atoms with E-state index < -0.39 is 0 Å². The molecule has 4 nitrogen and oxygen atoms in total. The molecule has 0 unspecified atom stereocenters. The molecule has 0 aliphatic carbocycles. The van der Waals surface area contributed by atoms with Crippen molar-refractivity contribution in [2.24, 2.45) is 0 Å². The second-order valence-electron chi connectivity index (χ2n) is 3.69. The van der Waals surface area contributed by atoms with Crippen molar-refractivity contribution in [3.05, 3.63) is 33.4 Å².